The van der Waals surface area contributed by atoms with Gasteiger partial charge in [0.1, 0.15) is 11.2 Å². The number of carbonyl (C=O) groups is 1. The average molecular weight is 372 g/mol. The summed E-state index contributed by atoms with van der Waals surface area (Å²) >= 11 is 0. The fourth-order valence-electron chi connectivity index (χ4n) is 2.97. The second-order valence-corrected chi connectivity index (χ2v) is 6.14. The first-order valence-corrected chi connectivity index (χ1v) is 8.61. The van der Waals surface area contributed by atoms with E-state index in [4.69, 9.17) is 4.74 Å². The Morgan fingerprint density at radius 3 is 2.50 bits per heavy atom. The Bertz CT molecular complexity index is 1200. The van der Waals surface area contributed by atoms with Crippen molar-refractivity contribution in [1.29, 1.82) is 0 Å². The number of carbonyl (C=O) groups excluding carboxylic acids is 1. The summed E-state index contributed by atoms with van der Waals surface area (Å²) in [5.41, 5.74) is 2.83. The quantitative estimate of drug-likeness (QED) is 0.512. The molecule has 0 spiro atoms. The highest BCUT2D eigenvalue weighted by Crippen LogP contribution is 2.24. The van der Waals surface area contributed by atoms with Crippen LogP contribution in [0.4, 0.5) is 0 Å². The van der Waals surface area contributed by atoms with E-state index in [1.54, 1.807) is 48.9 Å². The monoisotopic (exact) mass is 372 g/mol. The van der Waals surface area contributed by atoms with Crippen LogP contribution < -0.4 is 5.56 Å². The number of hydrogen-bond acceptors (Lipinski definition) is 6. The van der Waals surface area contributed by atoms with Crippen LogP contribution in [0.15, 0.2) is 71.9 Å². The Labute approximate surface area is 160 Å². The van der Waals surface area contributed by atoms with Gasteiger partial charge in [-0.1, -0.05) is 12.1 Å². The molecule has 0 unspecified atom stereocenters. The van der Waals surface area contributed by atoms with E-state index in [1.165, 1.54) is 11.8 Å². The standard InChI is InChI=1S/C21H16N4O3/c1-28-21(27)16-6-4-15(5-7-16)18-17-3-2-10-23-19(17)20(26)25(24-18)13-14-8-11-22-12-9-14/h2-12H,13H2,1H3. The van der Waals surface area contributed by atoms with Gasteiger partial charge in [-0.25, -0.2) is 9.48 Å². The van der Waals surface area contributed by atoms with Gasteiger partial charge >= 0.3 is 5.97 Å². The molecule has 0 bridgehead atoms. The van der Waals surface area contributed by atoms with Gasteiger partial charge in [-0.15, -0.1) is 0 Å². The molecule has 0 amide bonds. The van der Waals surface area contributed by atoms with Gasteiger partial charge in [0, 0.05) is 29.5 Å². The maximum atomic E-state index is 12.9. The van der Waals surface area contributed by atoms with E-state index in [1.807, 2.05) is 18.2 Å². The maximum absolute atomic E-state index is 12.9. The molecule has 3 heterocycles. The summed E-state index contributed by atoms with van der Waals surface area (Å²) in [6.07, 6.45) is 4.93. The Balaban J connectivity index is 1.86. The molecule has 7 nitrogen and oxygen atoms in total. The van der Waals surface area contributed by atoms with Crippen molar-refractivity contribution in [3.8, 4) is 11.3 Å². The first-order valence-electron chi connectivity index (χ1n) is 8.61. The molecule has 0 radical (unpaired) electrons. The summed E-state index contributed by atoms with van der Waals surface area (Å²) in [4.78, 5) is 32.8. The molecule has 0 N–H and O–H groups in total. The molecule has 1 aromatic carbocycles. The summed E-state index contributed by atoms with van der Waals surface area (Å²) in [6, 6.07) is 14.2. The molecule has 7 heteroatoms. The third-order valence-electron chi connectivity index (χ3n) is 4.38. The molecule has 28 heavy (non-hydrogen) atoms. The van der Waals surface area contributed by atoms with Gasteiger partial charge in [0.15, 0.2) is 0 Å². The van der Waals surface area contributed by atoms with Gasteiger partial charge in [0.2, 0.25) is 0 Å². The van der Waals surface area contributed by atoms with Crippen LogP contribution in [0.25, 0.3) is 22.2 Å². The van der Waals surface area contributed by atoms with Crippen LogP contribution in [0.1, 0.15) is 15.9 Å². The molecule has 0 atom stereocenters. The predicted molar refractivity (Wildman–Crippen MR) is 104 cm³/mol. The molecule has 4 rings (SSSR count). The van der Waals surface area contributed by atoms with Crippen LogP contribution in [0, 0.1) is 0 Å². The van der Waals surface area contributed by atoms with E-state index in [9.17, 15) is 9.59 Å². The minimum atomic E-state index is -0.409. The molecule has 0 fully saturated rings. The molecule has 3 aromatic heterocycles. The van der Waals surface area contributed by atoms with Crippen LogP contribution in [-0.4, -0.2) is 32.8 Å². The summed E-state index contributed by atoms with van der Waals surface area (Å²) < 4.78 is 6.14. The molecule has 0 aliphatic carbocycles. The number of methoxy groups -OCH3 is 1. The van der Waals surface area contributed by atoms with E-state index in [-0.39, 0.29) is 5.56 Å². The Morgan fingerprint density at radius 1 is 1.04 bits per heavy atom. The van der Waals surface area contributed by atoms with Crippen molar-refractivity contribution in [2.45, 2.75) is 6.54 Å². The zero-order chi connectivity index (χ0) is 19.5. The number of esters is 1. The van der Waals surface area contributed by atoms with Gasteiger partial charge in [0.25, 0.3) is 5.56 Å². The van der Waals surface area contributed by atoms with Gasteiger partial charge in [-0.05, 0) is 42.0 Å². The summed E-state index contributed by atoms with van der Waals surface area (Å²) in [5.74, 6) is -0.409. The lowest BCUT2D eigenvalue weighted by atomic mass is 10.1. The molecular formula is C21H16N4O3. The lowest BCUT2D eigenvalue weighted by Crippen LogP contribution is -2.25. The predicted octanol–water partition coefficient (Wildman–Crippen LogP) is 2.69. The number of ether oxygens (including phenoxy) is 1. The van der Waals surface area contributed by atoms with Crippen molar-refractivity contribution in [2.24, 2.45) is 0 Å². The average Bonchev–Trinajstić information content (AvgIpc) is 2.76. The van der Waals surface area contributed by atoms with Crippen molar-refractivity contribution >= 4 is 16.9 Å². The van der Waals surface area contributed by atoms with Crippen molar-refractivity contribution in [3.63, 3.8) is 0 Å². The fourth-order valence-corrected chi connectivity index (χ4v) is 2.97. The van der Waals surface area contributed by atoms with Crippen LogP contribution >= 0.6 is 0 Å². The molecule has 0 aliphatic heterocycles. The van der Waals surface area contributed by atoms with Gasteiger partial charge in [-0.2, -0.15) is 5.10 Å². The van der Waals surface area contributed by atoms with E-state index in [2.05, 4.69) is 15.1 Å². The Kier molecular flexibility index (Phi) is 4.63. The van der Waals surface area contributed by atoms with Crippen molar-refractivity contribution in [2.75, 3.05) is 7.11 Å². The number of rotatable bonds is 4. The third-order valence-corrected chi connectivity index (χ3v) is 4.38. The number of benzene rings is 1. The van der Waals surface area contributed by atoms with Crippen LogP contribution in [0.3, 0.4) is 0 Å². The number of pyridine rings is 2. The maximum Gasteiger partial charge on any atom is 0.337 e. The van der Waals surface area contributed by atoms with Crippen molar-refractivity contribution in [1.82, 2.24) is 19.7 Å². The molecule has 0 saturated heterocycles. The Hall–Kier alpha value is -3.87. The largest absolute Gasteiger partial charge is 0.465 e. The Morgan fingerprint density at radius 2 is 1.79 bits per heavy atom. The first-order chi connectivity index (χ1) is 13.7. The topological polar surface area (TPSA) is 87.0 Å². The minimum absolute atomic E-state index is 0.262. The summed E-state index contributed by atoms with van der Waals surface area (Å²) in [7, 11) is 1.34. The van der Waals surface area contributed by atoms with Crippen molar-refractivity contribution < 1.29 is 9.53 Å². The van der Waals surface area contributed by atoms with E-state index in [0.29, 0.717) is 28.7 Å². The lowest BCUT2D eigenvalue weighted by Gasteiger charge is -2.11. The van der Waals surface area contributed by atoms with E-state index < -0.39 is 5.97 Å². The smallest absolute Gasteiger partial charge is 0.337 e. The zero-order valence-corrected chi connectivity index (χ0v) is 15.1. The summed E-state index contributed by atoms with van der Waals surface area (Å²) in [5, 5.41) is 5.24. The SMILES string of the molecule is COC(=O)c1ccc(-c2nn(Cc3ccncc3)c(=O)c3ncccc23)cc1. The number of aromatic nitrogens is 4. The molecular weight excluding hydrogens is 356 g/mol. The zero-order valence-electron chi connectivity index (χ0n) is 15.1. The second kappa shape index (κ2) is 7.40. The highest BCUT2D eigenvalue weighted by Gasteiger charge is 2.14. The van der Waals surface area contributed by atoms with Crippen LogP contribution in [0.2, 0.25) is 0 Å². The van der Waals surface area contributed by atoms with Gasteiger partial charge < -0.3 is 4.74 Å². The number of nitrogens with zero attached hydrogens (tertiary/aromatic N) is 4. The lowest BCUT2D eigenvalue weighted by molar-refractivity contribution is 0.0601. The van der Waals surface area contributed by atoms with E-state index in [0.717, 1.165) is 11.1 Å². The normalized spacial score (nSPS) is 10.8. The van der Waals surface area contributed by atoms with Crippen LogP contribution in [-0.2, 0) is 11.3 Å². The van der Waals surface area contributed by atoms with Gasteiger partial charge in [0.05, 0.1) is 19.2 Å². The fraction of sp³-hybridized carbons (Fsp3) is 0.0952. The second-order valence-electron chi connectivity index (χ2n) is 6.14. The minimum Gasteiger partial charge on any atom is -0.465 e. The number of hydrogen-bond donors (Lipinski definition) is 0. The number of fused-ring (bicyclic) bond motifs is 1. The van der Waals surface area contributed by atoms with Crippen LogP contribution in [0.5, 0.6) is 0 Å². The van der Waals surface area contributed by atoms with Gasteiger partial charge in [-0.3, -0.25) is 14.8 Å². The first kappa shape index (κ1) is 17.5. The molecule has 0 saturated carbocycles. The third kappa shape index (κ3) is 3.25. The highest BCUT2D eigenvalue weighted by atomic mass is 16.5. The molecule has 0 aliphatic rings. The molecule has 4 aromatic rings. The highest BCUT2D eigenvalue weighted by molar-refractivity contribution is 5.93. The van der Waals surface area contributed by atoms with E-state index >= 15 is 0 Å². The van der Waals surface area contributed by atoms with Crippen molar-refractivity contribution in [3.05, 3.63) is 88.6 Å². The summed E-state index contributed by atoms with van der Waals surface area (Å²) in [6.45, 7) is 0.307. The molecule has 138 valence electrons.